The molecule has 1 unspecified atom stereocenters. The zero-order chi connectivity index (χ0) is 51.4. The van der Waals surface area contributed by atoms with Crippen molar-refractivity contribution in [3.05, 3.63) is 36.5 Å². The lowest BCUT2D eigenvalue weighted by Gasteiger charge is -2.18. The Hall–Kier alpha value is -2.37. The van der Waals surface area contributed by atoms with E-state index in [1.54, 1.807) is 0 Å². The molecule has 0 spiro atoms. The summed E-state index contributed by atoms with van der Waals surface area (Å²) in [5, 5.41) is 0. The minimum Gasteiger partial charge on any atom is -0.462 e. The van der Waals surface area contributed by atoms with Gasteiger partial charge in [0, 0.05) is 19.3 Å². The fourth-order valence-electron chi connectivity index (χ4n) is 9.31. The molecule has 0 bridgehead atoms. The maximum Gasteiger partial charge on any atom is 0.306 e. The van der Waals surface area contributed by atoms with Crippen LogP contribution in [0, 0.1) is 0 Å². The van der Waals surface area contributed by atoms with E-state index in [1.807, 2.05) is 0 Å². The number of unbranched alkanes of at least 4 members (excludes halogenated alkanes) is 41. The van der Waals surface area contributed by atoms with E-state index in [-0.39, 0.29) is 31.1 Å². The second-order valence-electron chi connectivity index (χ2n) is 21.3. The quantitative estimate of drug-likeness (QED) is 0.0261. The highest BCUT2D eigenvalue weighted by atomic mass is 16.6. The normalized spacial score (nSPS) is 12.2. The SMILES string of the molecule is CCCCCCCC/C=C/CCCCCCCCCCCC(=O)OCC(COC(=O)CCCCCCC/C=C/CCCCCCCC)OC(=O)CCCCCCCCCCC/C=C/CCCCCCCC. The van der Waals surface area contributed by atoms with Gasteiger partial charge in [0.2, 0.25) is 0 Å². The molecule has 0 aromatic carbocycles. The van der Waals surface area contributed by atoms with Crippen LogP contribution in [0.4, 0.5) is 0 Å². The van der Waals surface area contributed by atoms with Gasteiger partial charge in [-0.3, -0.25) is 14.4 Å². The topological polar surface area (TPSA) is 78.9 Å². The first-order valence-electron chi connectivity index (χ1n) is 31.5. The van der Waals surface area contributed by atoms with Crippen LogP contribution < -0.4 is 0 Å². The van der Waals surface area contributed by atoms with Crippen molar-refractivity contribution in [3.63, 3.8) is 0 Å². The molecule has 0 rings (SSSR count). The van der Waals surface area contributed by atoms with E-state index in [1.165, 1.54) is 238 Å². The summed E-state index contributed by atoms with van der Waals surface area (Å²) >= 11 is 0. The molecule has 0 aliphatic heterocycles. The van der Waals surface area contributed by atoms with Crippen molar-refractivity contribution in [1.29, 1.82) is 0 Å². The third kappa shape index (κ3) is 58.4. The smallest absolute Gasteiger partial charge is 0.306 e. The Balaban J connectivity index is 4.34. The molecule has 6 heteroatoms. The van der Waals surface area contributed by atoms with E-state index >= 15 is 0 Å². The van der Waals surface area contributed by atoms with Gasteiger partial charge in [-0.25, -0.2) is 0 Å². The number of carbonyl (C=O) groups is 3. The molecule has 1 atom stereocenters. The molecule has 0 saturated heterocycles. The molecular formula is C65H120O6. The molecule has 0 aliphatic carbocycles. The van der Waals surface area contributed by atoms with Gasteiger partial charge in [0.1, 0.15) is 13.2 Å². The average Bonchev–Trinajstić information content (AvgIpc) is 3.37. The lowest BCUT2D eigenvalue weighted by atomic mass is 10.1. The maximum atomic E-state index is 12.9. The molecular weight excluding hydrogens is 877 g/mol. The van der Waals surface area contributed by atoms with Crippen LogP contribution in [-0.2, 0) is 28.6 Å². The van der Waals surface area contributed by atoms with Gasteiger partial charge in [-0.05, 0) is 96.3 Å². The summed E-state index contributed by atoms with van der Waals surface area (Å²) in [6.07, 6.45) is 72.8. The number of hydrogen-bond donors (Lipinski definition) is 0. The van der Waals surface area contributed by atoms with Gasteiger partial charge in [-0.2, -0.15) is 0 Å². The van der Waals surface area contributed by atoms with E-state index in [2.05, 4.69) is 57.2 Å². The van der Waals surface area contributed by atoms with Crippen molar-refractivity contribution in [2.45, 2.75) is 348 Å². The number of carbonyl (C=O) groups excluding carboxylic acids is 3. The second-order valence-corrected chi connectivity index (χ2v) is 21.3. The highest BCUT2D eigenvalue weighted by molar-refractivity contribution is 5.71. The molecule has 0 amide bonds. The fourth-order valence-corrected chi connectivity index (χ4v) is 9.31. The van der Waals surface area contributed by atoms with Crippen molar-refractivity contribution >= 4 is 17.9 Å². The molecule has 0 fully saturated rings. The predicted octanol–water partition coefficient (Wildman–Crippen LogP) is 21.2. The second kappa shape index (κ2) is 60.2. The third-order valence-electron chi connectivity index (χ3n) is 14.1. The highest BCUT2D eigenvalue weighted by Crippen LogP contribution is 2.16. The van der Waals surface area contributed by atoms with Crippen molar-refractivity contribution in [2.75, 3.05) is 13.2 Å². The van der Waals surface area contributed by atoms with Gasteiger partial charge in [-0.1, -0.05) is 263 Å². The van der Waals surface area contributed by atoms with E-state index in [0.717, 1.165) is 64.2 Å². The number of hydrogen-bond acceptors (Lipinski definition) is 6. The standard InChI is InChI=1S/C65H120O6/c1-4-7-10-13-16-19-22-25-28-30-32-34-37-40-43-46-49-52-55-58-64(67)70-61-62(60-69-63(66)57-54-51-48-45-42-39-36-27-24-21-18-15-12-9-6-3)71-65(68)59-56-53-50-47-44-41-38-35-33-31-29-26-23-20-17-14-11-8-5-2/h25-29,36,62H,4-24,30-35,37-61H2,1-3H3/b28-25+,29-26+,36-27+. The molecule has 6 nitrogen and oxygen atoms in total. The molecule has 0 aromatic rings. The lowest BCUT2D eigenvalue weighted by molar-refractivity contribution is -0.167. The minimum atomic E-state index is -0.776. The number of ether oxygens (including phenoxy) is 3. The van der Waals surface area contributed by atoms with Gasteiger partial charge in [0.25, 0.3) is 0 Å². The zero-order valence-electron chi connectivity index (χ0n) is 47.8. The van der Waals surface area contributed by atoms with Gasteiger partial charge < -0.3 is 14.2 Å². The number of rotatable bonds is 58. The van der Waals surface area contributed by atoms with Crippen LogP contribution in [0.25, 0.3) is 0 Å². The molecule has 0 N–H and O–H groups in total. The van der Waals surface area contributed by atoms with E-state index < -0.39 is 6.10 Å². The van der Waals surface area contributed by atoms with Crippen LogP contribution in [0.5, 0.6) is 0 Å². The van der Waals surface area contributed by atoms with Crippen LogP contribution in [0.1, 0.15) is 342 Å². The molecule has 71 heavy (non-hydrogen) atoms. The Morgan fingerprint density at radius 1 is 0.268 bits per heavy atom. The Morgan fingerprint density at radius 3 is 0.704 bits per heavy atom. The van der Waals surface area contributed by atoms with Crippen LogP contribution >= 0.6 is 0 Å². The van der Waals surface area contributed by atoms with E-state index in [9.17, 15) is 14.4 Å². The van der Waals surface area contributed by atoms with Crippen LogP contribution in [0.2, 0.25) is 0 Å². The van der Waals surface area contributed by atoms with Crippen LogP contribution in [0.15, 0.2) is 36.5 Å². The summed E-state index contributed by atoms with van der Waals surface area (Å²) < 4.78 is 16.9. The summed E-state index contributed by atoms with van der Waals surface area (Å²) in [4.78, 5) is 38.3. The summed E-state index contributed by atoms with van der Waals surface area (Å²) in [6.45, 7) is 6.67. The Bertz CT molecular complexity index is 1190. The van der Waals surface area contributed by atoms with Gasteiger partial charge in [-0.15, -0.1) is 0 Å². The average molecular weight is 998 g/mol. The Labute approximate surface area is 442 Å². The van der Waals surface area contributed by atoms with Crippen molar-refractivity contribution < 1.29 is 28.6 Å². The van der Waals surface area contributed by atoms with Crippen molar-refractivity contribution in [1.82, 2.24) is 0 Å². The zero-order valence-corrected chi connectivity index (χ0v) is 47.8. The first-order valence-corrected chi connectivity index (χ1v) is 31.5. The molecule has 0 aromatic heterocycles. The van der Waals surface area contributed by atoms with Gasteiger partial charge >= 0.3 is 17.9 Å². The minimum absolute atomic E-state index is 0.0738. The number of esters is 3. The Kier molecular flexibility index (Phi) is 58.2. The number of allylic oxidation sites excluding steroid dienone is 6. The van der Waals surface area contributed by atoms with Crippen LogP contribution in [-0.4, -0.2) is 37.2 Å². The largest absolute Gasteiger partial charge is 0.462 e. The van der Waals surface area contributed by atoms with Crippen molar-refractivity contribution in [3.8, 4) is 0 Å². The predicted molar refractivity (Wildman–Crippen MR) is 307 cm³/mol. The molecule has 0 heterocycles. The lowest BCUT2D eigenvalue weighted by Crippen LogP contribution is -2.30. The van der Waals surface area contributed by atoms with Crippen LogP contribution in [0.3, 0.4) is 0 Å². The fraction of sp³-hybridized carbons (Fsp3) is 0.862. The molecule has 0 saturated carbocycles. The molecule has 0 radical (unpaired) electrons. The van der Waals surface area contributed by atoms with E-state index in [0.29, 0.717) is 19.3 Å². The molecule has 0 aliphatic rings. The first kappa shape index (κ1) is 68.6. The monoisotopic (exact) mass is 997 g/mol. The van der Waals surface area contributed by atoms with Gasteiger partial charge in [0.15, 0.2) is 6.10 Å². The van der Waals surface area contributed by atoms with E-state index in [4.69, 9.17) is 14.2 Å². The first-order chi connectivity index (χ1) is 35.0. The van der Waals surface area contributed by atoms with Gasteiger partial charge in [0.05, 0.1) is 0 Å². The summed E-state index contributed by atoms with van der Waals surface area (Å²) in [7, 11) is 0. The van der Waals surface area contributed by atoms with Crippen molar-refractivity contribution in [2.24, 2.45) is 0 Å². The Morgan fingerprint density at radius 2 is 0.465 bits per heavy atom. The summed E-state index contributed by atoms with van der Waals surface area (Å²) in [5.41, 5.74) is 0. The summed E-state index contributed by atoms with van der Waals surface area (Å²) in [5.74, 6) is -0.866. The maximum absolute atomic E-state index is 12.9. The molecule has 416 valence electrons. The third-order valence-corrected chi connectivity index (χ3v) is 14.1. The summed E-state index contributed by atoms with van der Waals surface area (Å²) in [6, 6.07) is 0. The highest BCUT2D eigenvalue weighted by Gasteiger charge is 2.19.